The number of anilines is 1. The highest BCUT2D eigenvalue weighted by molar-refractivity contribution is 5.71. The molecule has 2 aliphatic rings. The highest BCUT2D eigenvalue weighted by atomic mass is 16.4. The molecule has 2 fully saturated rings. The van der Waals surface area contributed by atoms with Gasteiger partial charge in [0.25, 0.3) is 5.56 Å². The number of hydrogen-bond donors (Lipinski definition) is 1. The maximum absolute atomic E-state index is 12.3. The van der Waals surface area contributed by atoms with E-state index in [-0.39, 0.29) is 5.56 Å². The number of piperidine rings is 1. The smallest absolute Gasteiger partial charge is 0.308 e. The average molecular weight is 263 g/mol. The topological polar surface area (TPSA) is 75.4 Å². The summed E-state index contributed by atoms with van der Waals surface area (Å²) in [4.78, 5) is 29.4. The van der Waals surface area contributed by atoms with Gasteiger partial charge in [-0.25, -0.2) is 4.98 Å². The minimum atomic E-state index is -0.789. The second-order valence-electron chi connectivity index (χ2n) is 5.32. The number of aromatic nitrogens is 2. The molecule has 2 heterocycles. The number of rotatable bonds is 3. The van der Waals surface area contributed by atoms with Crippen molar-refractivity contribution in [1.29, 1.82) is 0 Å². The first-order chi connectivity index (χ1) is 9.16. The normalized spacial score (nSPS) is 23.4. The molecule has 1 saturated carbocycles. The van der Waals surface area contributed by atoms with Crippen molar-refractivity contribution in [2.75, 3.05) is 18.0 Å². The number of carbonyl (C=O) groups is 1. The Bertz CT molecular complexity index is 550. The first-order valence-corrected chi connectivity index (χ1v) is 6.71. The van der Waals surface area contributed by atoms with Gasteiger partial charge >= 0.3 is 5.97 Å². The van der Waals surface area contributed by atoms with Crippen LogP contribution in [0.3, 0.4) is 0 Å². The van der Waals surface area contributed by atoms with E-state index in [0.29, 0.717) is 31.4 Å². The summed E-state index contributed by atoms with van der Waals surface area (Å²) in [5.74, 6) is -0.784. The van der Waals surface area contributed by atoms with Crippen LogP contribution in [0.15, 0.2) is 17.2 Å². The predicted molar refractivity (Wildman–Crippen MR) is 69.3 cm³/mol. The zero-order chi connectivity index (χ0) is 13.4. The molecule has 0 amide bonds. The molecule has 0 radical (unpaired) electrons. The van der Waals surface area contributed by atoms with Crippen LogP contribution in [0.25, 0.3) is 0 Å². The summed E-state index contributed by atoms with van der Waals surface area (Å²) in [5.41, 5.74) is -0.0870. The lowest BCUT2D eigenvalue weighted by Crippen LogP contribution is -2.42. The molecule has 1 unspecified atom stereocenters. The highest BCUT2D eigenvalue weighted by Crippen LogP contribution is 2.33. The van der Waals surface area contributed by atoms with Crippen LogP contribution in [0.4, 0.5) is 5.82 Å². The number of nitrogens with zero attached hydrogens (tertiary/aromatic N) is 3. The van der Waals surface area contributed by atoms with Gasteiger partial charge in [-0.15, -0.1) is 0 Å². The van der Waals surface area contributed by atoms with Crippen LogP contribution in [0.1, 0.15) is 31.7 Å². The molecule has 1 saturated heterocycles. The van der Waals surface area contributed by atoms with Gasteiger partial charge in [-0.3, -0.25) is 9.59 Å². The molecule has 3 rings (SSSR count). The molecular formula is C13H17N3O3. The Kier molecular flexibility index (Phi) is 3.00. The van der Waals surface area contributed by atoms with Crippen molar-refractivity contribution >= 4 is 11.8 Å². The van der Waals surface area contributed by atoms with E-state index >= 15 is 0 Å². The van der Waals surface area contributed by atoms with Gasteiger partial charge in [0.15, 0.2) is 5.82 Å². The zero-order valence-electron chi connectivity index (χ0n) is 10.7. The standard InChI is InChI=1S/C13H17N3O3/c17-12-11(14-5-7-16(12)10-3-4-10)15-6-1-2-9(8-15)13(18)19/h5,7,9-10H,1-4,6,8H2,(H,18,19). The average Bonchev–Trinajstić information content (AvgIpc) is 3.23. The maximum atomic E-state index is 12.3. The molecule has 6 heteroatoms. The van der Waals surface area contributed by atoms with Crippen molar-refractivity contribution in [2.45, 2.75) is 31.7 Å². The first-order valence-electron chi connectivity index (χ1n) is 6.71. The minimum Gasteiger partial charge on any atom is -0.481 e. The van der Waals surface area contributed by atoms with Crippen LogP contribution in [0.2, 0.25) is 0 Å². The van der Waals surface area contributed by atoms with E-state index in [4.69, 9.17) is 5.11 Å². The van der Waals surface area contributed by atoms with Gasteiger partial charge in [-0.05, 0) is 25.7 Å². The summed E-state index contributed by atoms with van der Waals surface area (Å²) in [6.45, 7) is 1.09. The first kappa shape index (κ1) is 12.2. The lowest BCUT2D eigenvalue weighted by molar-refractivity contribution is -0.141. The van der Waals surface area contributed by atoms with Gasteiger partial charge in [0, 0.05) is 31.5 Å². The molecule has 1 aliphatic heterocycles. The van der Waals surface area contributed by atoms with Crippen LogP contribution in [0, 0.1) is 5.92 Å². The summed E-state index contributed by atoms with van der Waals surface area (Å²) in [6.07, 6.45) is 6.91. The SMILES string of the molecule is O=C(O)C1CCCN(c2nccn(C3CC3)c2=O)C1. The summed E-state index contributed by atoms with van der Waals surface area (Å²) in [6, 6.07) is 0.314. The van der Waals surface area contributed by atoms with Crippen molar-refractivity contribution in [3.8, 4) is 0 Å². The number of carboxylic acid groups (broad SMARTS) is 1. The Hall–Kier alpha value is -1.85. The predicted octanol–water partition coefficient (Wildman–Crippen LogP) is 0.879. The Morgan fingerprint density at radius 1 is 1.37 bits per heavy atom. The quantitative estimate of drug-likeness (QED) is 0.876. The lowest BCUT2D eigenvalue weighted by atomic mass is 9.98. The molecule has 1 aromatic heterocycles. The third-order valence-corrected chi connectivity index (χ3v) is 3.86. The molecule has 1 aliphatic carbocycles. The van der Waals surface area contributed by atoms with E-state index in [1.165, 1.54) is 0 Å². The molecule has 1 aromatic rings. The second-order valence-corrected chi connectivity index (χ2v) is 5.32. The van der Waals surface area contributed by atoms with Crippen LogP contribution in [-0.4, -0.2) is 33.7 Å². The van der Waals surface area contributed by atoms with Gasteiger partial charge < -0.3 is 14.6 Å². The molecule has 102 valence electrons. The van der Waals surface area contributed by atoms with Crippen molar-refractivity contribution < 1.29 is 9.90 Å². The summed E-state index contributed by atoms with van der Waals surface area (Å²) in [7, 11) is 0. The maximum Gasteiger partial charge on any atom is 0.308 e. The van der Waals surface area contributed by atoms with E-state index in [1.807, 2.05) is 4.90 Å². The third-order valence-electron chi connectivity index (χ3n) is 3.86. The second kappa shape index (κ2) is 4.68. The summed E-state index contributed by atoms with van der Waals surface area (Å²) >= 11 is 0. The Balaban J connectivity index is 1.87. The molecule has 0 bridgehead atoms. The van der Waals surface area contributed by atoms with Crippen LogP contribution < -0.4 is 10.5 Å². The Labute approximate surface area is 110 Å². The zero-order valence-corrected chi connectivity index (χ0v) is 10.7. The van der Waals surface area contributed by atoms with E-state index in [9.17, 15) is 9.59 Å². The van der Waals surface area contributed by atoms with Gasteiger partial charge in [0.2, 0.25) is 0 Å². The van der Waals surface area contributed by atoms with Gasteiger partial charge in [0.05, 0.1) is 5.92 Å². The summed E-state index contributed by atoms with van der Waals surface area (Å²) in [5, 5.41) is 9.09. The van der Waals surface area contributed by atoms with Crippen LogP contribution >= 0.6 is 0 Å². The fourth-order valence-electron chi connectivity index (χ4n) is 2.64. The minimum absolute atomic E-state index is 0.0870. The number of hydrogen-bond acceptors (Lipinski definition) is 4. The monoisotopic (exact) mass is 263 g/mol. The largest absolute Gasteiger partial charge is 0.481 e. The molecule has 6 nitrogen and oxygen atoms in total. The Morgan fingerprint density at radius 2 is 2.16 bits per heavy atom. The van der Waals surface area contributed by atoms with E-state index < -0.39 is 11.9 Å². The van der Waals surface area contributed by atoms with Crippen molar-refractivity contribution in [3.05, 3.63) is 22.7 Å². The van der Waals surface area contributed by atoms with Crippen LogP contribution in [0.5, 0.6) is 0 Å². The summed E-state index contributed by atoms with van der Waals surface area (Å²) < 4.78 is 1.73. The van der Waals surface area contributed by atoms with Gasteiger partial charge in [0.1, 0.15) is 0 Å². The molecule has 19 heavy (non-hydrogen) atoms. The lowest BCUT2D eigenvalue weighted by Gasteiger charge is -2.31. The fraction of sp³-hybridized carbons (Fsp3) is 0.615. The van der Waals surface area contributed by atoms with Gasteiger partial charge in [-0.1, -0.05) is 0 Å². The van der Waals surface area contributed by atoms with Crippen molar-refractivity contribution in [1.82, 2.24) is 9.55 Å². The highest BCUT2D eigenvalue weighted by Gasteiger charge is 2.30. The molecular weight excluding hydrogens is 246 g/mol. The van der Waals surface area contributed by atoms with E-state index in [1.54, 1.807) is 17.0 Å². The van der Waals surface area contributed by atoms with Crippen LogP contribution in [-0.2, 0) is 4.79 Å². The number of aliphatic carboxylic acids is 1. The van der Waals surface area contributed by atoms with E-state index in [0.717, 1.165) is 19.3 Å². The molecule has 1 atom stereocenters. The molecule has 1 N–H and O–H groups in total. The Morgan fingerprint density at radius 3 is 2.84 bits per heavy atom. The van der Waals surface area contributed by atoms with Crippen molar-refractivity contribution in [2.24, 2.45) is 5.92 Å². The number of carboxylic acids is 1. The fourth-order valence-corrected chi connectivity index (χ4v) is 2.64. The van der Waals surface area contributed by atoms with Gasteiger partial charge in [-0.2, -0.15) is 0 Å². The molecule has 0 aromatic carbocycles. The molecule has 0 spiro atoms. The third kappa shape index (κ3) is 2.34. The van der Waals surface area contributed by atoms with Crippen molar-refractivity contribution in [3.63, 3.8) is 0 Å². The van der Waals surface area contributed by atoms with E-state index in [2.05, 4.69) is 4.98 Å².